The first-order valence-electron chi connectivity index (χ1n) is 9.25. The first-order valence-corrected chi connectivity index (χ1v) is 10.3. The van der Waals surface area contributed by atoms with Crippen molar-refractivity contribution in [2.75, 3.05) is 18.8 Å². The molecule has 5 heteroatoms. The second-order valence-electron chi connectivity index (χ2n) is 7.41. The van der Waals surface area contributed by atoms with Gasteiger partial charge in [-0.2, -0.15) is 0 Å². The number of hydrogen-bond acceptors (Lipinski definition) is 3. The number of thioether (sulfide) groups is 1. The smallest absolute Gasteiger partial charge is 0.233 e. The van der Waals surface area contributed by atoms with Crippen LogP contribution in [-0.2, 0) is 9.59 Å². The number of benzene rings is 1. The van der Waals surface area contributed by atoms with Crippen molar-refractivity contribution in [2.45, 2.75) is 51.4 Å². The lowest BCUT2D eigenvalue weighted by molar-refractivity contribution is -0.141. The molecule has 1 saturated heterocycles. The molecule has 0 bridgehead atoms. The van der Waals surface area contributed by atoms with Gasteiger partial charge in [0.15, 0.2) is 0 Å². The SMILES string of the molecule is Cc1ccc([C@H]2SCC(=O)N2CCN(C(=O)C2CCC2)C(C)C)cc1. The first-order chi connectivity index (χ1) is 12.0. The molecule has 1 aromatic rings. The molecule has 25 heavy (non-hydrogen) atoms. The number of nitrogens with zero attached hydrogens (tertiary/aromatic N) is 2. The van der Waals surface area contributed by atoms with Crippen LogP contribution in [0.15, 0.2) is 24.3 Å². The van der Waals surface area contributed by atoms with Crippen LogP contribution in [0, 0.1) is 12.8 Å². The molecule has 1 aliphatic heterocycles. The summed E-state index contributed by atoms with van der Waals surface area (Å²) in [4.78, 5) is 28.9. The summed E-state index contributed by atoms with van der Waals surface area (Å²) < 4.78 is 0. The van der Waals surface area contributed by atoms with Crippen molar-refractivity contribution in [3.05, 3.63) is 35.4 Å². The Bertz CT molecular complexity index is 625. The van der Waals surface area contributed by atoms with E-state index in [1.165, 1.54) is 17.5 Å². The molecule has 0 radical (unpaired) electrons. The number of carbonyl (C=O) groups is 2. The van der Waals surface area contributed by atoms with Crippen LogP contribution in [0.2, 0.25) is 0 Å². The van der Waals surface area contributed by atoms with E-state index in [0.717, 1.165) is 12.8 Å². The van der Waals surface area contributed by atoms with Crippen LogP contribution in [-0.4, -0.2) is 46.5 Å². The van der Waals surface area contributed by atoms with E-state index in [1.807, 2.05) is 9.80 Å². The highest BCUT2D eigenvalue weighted by molar-refractivity contribution is 8.00. The van der Waals surface area contributed by atoms with Crippen molar-refractivity contribution in [3.8, 4) is 0 Å². The summed E-state index contributed by atoms with van der Waals surface area (Å²) >= 11 is 1.68. The van der Waals surface area contributed by atoms with Crippen LogP contribution >= 0.6 is 11.8 Å². The Morgan fingerprint density at radius 3 is 2.52 bits per heavy atom. The van der Waals surface area contributed by atoms with Gasteiger partial charge in [0.1, 0.15) is 5.37 Å². The first kappa shape index (κ1) is 18.3. The van der Waals surface area contributed by atoms with Crippen molar-refractivity contribution in [1.82, 2.24) is 9.80 Å². The molecular weight excluding hydrogens is 332 g/mol. The quantitative estimate of drug-likeness (QED) is 0.778. The molecule has 0 aromatic heterocycles. The average Bonchev–Trinajstić information content (AvgIpc) is 2.87. The summed E-state index contributed by atoms with van der Waals surface area (Å²) in [6, 6.07) is 8.59. The van der Waals surface area contributed by atoms with Crippen molar-refractivity contribution >= 4 is 23.6 Å². The molecule has 0 spiro atoms. The minimum atomic E-state index is 0.0703. The van der Waals surface area contributed by atoms with E-state index in [4.69, 9.17) is 0 Å². The minimum Gasteiger partial charge on any atom is -0.338 e. The molecular formula is C20H28N2O2S. The van der Waals surface area contributed by atoms with Crippen LogP contribution in [0.5, 0.6) is 0 Å². The van der Waals surface area contributed by atoms with Crippen molar-refractivity contribution in [2.24, 2.45) is 5.92 Å². The lowest BCUT2D eigenvalue weighted by Crippen LogP contribution is -2.47. The summed E-state index contributed by atoms with van der Waals surface area (Å²) in [5.41, 5.74) is 2.39. The molecule has 0 unspecified atom stereocenters. The highest BCUT2D eigenvalue weighted by Crippen LogP contribution is 2.38. The maximum Gasteiger partial charge on any atom is 0.233 e. The van der Waals surface area contributed by atoms with Crippen molar-refractivity contribution in [1.29, 1.82) is 0 Å². The zero-order valence-corrected chi connectivity index (χ0v) is 16.2. The number of hydrogen-bond donors (Lipinski definition) is 0. The molecule has 1 saturated carbocycles. The number of aryl methyl sites for hydroxylation is 1. The van der Waals surface area contributed by atoms with Gasteiger partial charge in [-0.05, 0) is 39.2 Å². The normalized spacial score (nSPS) is 20.9. The molecule has 1 atom stereocenters. The Morgan fingerprint density at radius 1 is 1.28 bits per heavy atom. The lowest BCUT2D eigenvalue weighted by atomic mass is 9.84. The zero-order chi connectivity index (χ0) is 18.0. The standard InChI is InChI=1S/C20H28N2O2S/c1-14(2)21(19(24)16-5-4-6-16)11-12-22-18(23)13-25-20(22)17-9-7-15(3)8-10-17/h7-10,14,16,20H,4-6,11-13H2,1-3H3/t20-/m1/s1. The molecule has 0 N–H and O–H groups in total. The van der Waals surface area contributed by atoms with Crippen molar-refractivity contribution in [3.63, 3.8) is 0 Å². The van der Waals surface area contributed by atoms with E-state index in [1.54, 1.807) is 11.8 Å². The summed E-state index contributed by atoms with van der Waals surface area (Å²) in [5, 5.41) is 0.0703. The number of amides is 2. The lowest BCUT2D eigenvalue weighted by Gasteiger charge is -2.36. The van der Waals surface area contributed by atoms with E-state index in [0.29, 0.717) is 18.8 Å². The fourth-order valence-corrected chi connectivity index (χ4v) is 4.65. The van der Waals surface area contributed by atoms with Crippen LogP contribution in [0.3, 0.4) is 0 Å². The highest BCUT2D eigenvalue weighted by Gasteiger charge is 2.35. The minimum absolute atomic E-state index is 0.0703. The Labute approximate surface area is 154 Å². The Morgan fingerprint density at radius 2 is 1.96 bits per heavy atom. The largest absolute Gasteiger partial charge is 0.338 e. The predicted molar refractivity (Wildman–Crippen MR) is 102 cm³/mol. The van der Waals surface area contributed by atoms with Crippen molar-refractivity contribution < 1.29 is 9.59 Å². The van der Waals surface area contributed by atoms with Crippen LogP contribution in [0.4, 0.5) is 0 Å². The summed E-state index contributed by atoms with van der Waals surface area (Å²) in [7, 11) is 0. The maximum absolute atomic E-state index is 12.7. The molecule has 1 aliphatic carbocycles. The number of rotatable bonds is 6. The van der Waals surface area contributed by atoms with E-state index in [9.17, 15) is 9.59 Å². The van der Waals surface area contributed by atoms with E-state index >= 15 is 0 Å². The third-order valence-electron chi connectivity index (χ3n) is 5.27. The van der Waals surface area contributed by atoms with Gasteiger partial charge in [0.05, 0.1) is 5.75 Å². The topological polar surface area (TPSA) is 40.6 Å². The van der Waals surface area contributed by atoms with E-state index < -0.39 is 0 Å². The van der Waals surface area contributed by atoms with Gasteiger partial charge < -0.3 is 9.80 Å². The fraction of sp³-hybridized carbons (Fsp3) is 0.600. The summed E-state index contributed by atoms with van der Waals surface area (Å²) in [6.07, 6.45) is 3.21. The molecule has 1 aromatic carbocycles. The third kappa shape index (κ3) is 4.02. The third-order valence-corrected chi connectivity index (χ3v) is 6.53. The molecule has 1 heterocycles. The molecule has 2 aliphatic rings. The fourth-order valence-electron chi connectivity index (χ4n) is 3.43. The van der Waals surface area contributed by atoms with E-state index in [2.05, 4.69) is 45.0 Å². The van der Waals surface area contributed by atoms with Gasteiger partial charge in [-0.3, -0.25) is 9.59 Å². The average molecular weight is 361 g/mol. The molecule has 2 fully saturated rings. The maximum atomic E-state index is 12.7. The zero-order valence-electron chi connectivity index (χ0n) is 15.4. The Kier molecular flexibility index (Phi) is 5.72. The molecule has 136 valence electrons. The second kappa shape index (κ2) is 7.81. The van der Waals surface area contributed by atoms with Gasteiger partial charge in [-0.1, -0.05) is 36.2 Å². The number of carbonyl (C=O) groups excluding carboxylic acids is 2. The van der Waals surface area contributed by atoms with Crippen LogP contribution in [0.1, 0.15) is 49.6 Å². The Hall–Kier alpha value is -1.49. The summed E-state index contributed by atoms with van der Waals surface area (Å²) in [5.74, 6) is 1.18. The highest BCUT2D eigenvalue weighted by atomic mass is 32.2. The van der Waals surface area contributed by atoms with Gasteiger partial charge in [0.25, 0.3) is 0 Å². The Balaban J connectivity index is 1.67. The second-order valence-corrected chi connectivity index (χ2v) is 8.48. The van der Waals surface area contributed by atoms with Gasteiger partial charge in [-0.25, -0.2) is 0 Å². The molecule has 4 nitrogen and oxygen atoms in total. The van der Waals surface area contributed by atoms with Gasteiger partial charge >= 0.3 is 0 Å². The molecule has 3 rings (SSSR count). The van der Waals surface area contributed by atoms with Gasteiger partial charge in [0.2, 0.25) is 11.8 Å². The molecule has 2 amide bonds. The van der Waals surface area contributed by atoms with Gasteiger partial charge in [0, 0.05) is 25.0 Å². The van der Waals surface area contributed by atoms with Gasteiger partial charge in [-0.15, -0.1) is 11.8 Å². The predicted octanol–water partition coefficient (Wildman–Crippen LogP) is 3.61. The monoisotopic (exact) mass is 360 g/mol. The van der Waals surface area contributed by atoms with Crippen LogP contribution in [0.25, 0.3) is 0 Å². The summed E-state index contributed by atoms with van der Waals surface area (Å²) in [6.45, 7) is 7.44. The van der Waals surface area contributed by atoms with Crippen LogP contribution < -0.4 is 0 Å². The van der Waals surface area contributed by atoms with E-state index in [-0.39, 0.29) is 29.1 Å².